The summed E-state index contributed by atoms with van der Waals surface area (Å²) in [5.74, 6) is -0.124. The molecule has 0 bridgehead atoms. The lowest BCUT2D eigenvalue weighted by Crippen LogP contribution is -2.41. The van der Waals surface area contributed by atoms with Crippen LogP contribution in [0.15, 0.2) is 36.7 Å². The molecule has 0 saturated carbocycles. The van der Waals surface area contributed by atoms with Crippen LogP contribution >= 0.6 is 11.6 Å². The van der Waals surface area contributed by atoms with E-state index >= 15 is 0 Å². The van der Waals surface area contributed by atoms with Crippen molar-refractivity contribution < 1.29 is 4.79 Å². The van der Waals surface area contributed by atoms with E-state index < -0.39 is 0 Å². The van der Waals surface area contributed by atoms with Crippen molar-refractivity contribution in [2.24, 2.45) is 0 Å². The minimum atomic E-state index is -0.124. The lowest BCUT2D eigenvalue weighted by atomic mass is 10.1. The van der Waals surface area contributed by atoms with Crippen molar-refractivity contribution in [2.45, 2.75) is 26.3 Å². The number of nitrogens with zero attached hydrogens (tertiary/aromatic N) is 2. The van der Waals surface area contributed by atoms with Gasteiger partial charge < -0.3 is 10.6 Å². The summed E-state index contributed by atoms with van der Waals surface area (Å²) in [7, 11) is 0. The van der Waals surface area contributed by atoms with Crippen molar-refractivity contribution in [3.05, 3.63) is 41.7 Å². The molecule has 21 heavy (non-hydrogen) atoms. The van der Waals surface area contributed by atoms with Crippen LogP contribution in [0.25, 0.3) is 5.69 Å². The van der Waals surface area contributed by atoms with E-state index in [0.29, 0.717) is 10.7 Å². The third-order valence-electron chi connectivity index (χ3n) is 2.76. The van der Waals surface area contributed by atoms with Crippen molar-refractivity contribution in [1.29, 1.82) is 0 Å². The summed E-state index contributed by atoms with van der Waals surface area (Å²) < 4.78 is 1.68. The number of hydrogen-bond acceptors (Lipinski definition) is 3. The molecule has 2 N–H and O–H groups in total. The standard InChI is InChI=1S/C15H19ClN4O/c1-15(2,3)17-10-14(21)19-12-9-11(16)5-6-13(12)20-8-4-7-18-20/h4-9,17H,10H2,1-3H3,(H,19,21). The van der Waals surface area contributed by atoms with E-state index in [-0.39, 0.29) is 18.0 Å². The third kappa shape index (κ3) is 4.58. The molecule has 0 radical (unpaired) electrons. The molecule has 0 aliphatic heterocycles. The zero-order chi connectivity index (χ0) is 15.5. The number of carbonyl (C=O) groups is 1. The number of amides is 1. The number of carbonyl (C=O) groups excluding carboxylic acids is 1. The van der Waals surface area contributed by atoms with Crippen LogP contribution in [0.5, 0.6) is 0 Å². The van der Waals surface area contributed by atoms with Gasteiger partial charge in [-0.3, -0.25) is 4.79 Å². The highest BCUT2D eigenvalue weighted by Gasteiger charge is 2.13. The summed E-state index contributed by atoms with van der Waals surface area (Å²) >= 11 is 6.01. The van der Waals surface area contributed by atoms with Crippen LogP contribution in [0.2, 0.25) is 5.02 Å². The van der Waals surface area contributed by atoms with Gasteiger partial charge in [0.2, 0.25) is 5.91 Å². The van der Waals surface area contributed by atoms with Crippen LogP contribution in [-0.4, -0.2) is 27.8 Å². The number of rotatable bonds is 4. The molecule has 0 aliphatic carbocycles. The summed E-state index contributed by atoms with van der Waals surface area (Å²) in [5.41, 5.74) is 1.29. The molecule has 2 aromatic rings. The first-order chi connectivity index (χ1) is 9.85. The summed E-state index contributed by atoms with van der Waals surface area (Å²) in [5, 5.41) is 10.7. The Morgan fingerprint density at radius 2 is 2.14 bits per heavy atom. The maximum atomic E-state index is 12.0. The molecule has 6 heteroatoms. The number of halogens is 1. The van der Waals surface area contributed by atoms with Gasteiger partial charge in [0.05, 0.1) is 17.9 Å². The fourth-order valence-electron chi connectivity index (χ4n) is 1.76. The monoisotopic (exact) mass is 306 g/mol. The molecule has 0 saturated heterocycles. The first-order valence-electron chi connectivity index (χ1n) is 6.69. The highest BCUT2D eigenvalue weighted by atomic mass is 35.5. The molecule has 0 unspecified atom stereocenters. The average molecular weight is 307 g/mol. The first kappa shape index (κ1) is 15.5. The SMILES string of the molecule is CC(C)(C)NCC(=O)Nc1cc(Cl)ccc1-n1cccn1. The molecular weight excluding hydrogens is 288 g/mol. The normalized spacial score (nSPS) is 11.4. The van der Waals surface area contributed by atoms with E-state index in [1.807, 2.05) is 39.1 Å². The quantitative estimate of drug-likeness (QED) is 0.913. The van der Waals surface area contributed by atoms with Crippen molar-refractivity contribution in [2.75, 3.05) is 11.9 Å². The summed E-state index contributed by atoms with van der Waals surface area (Å²) in [6.07, 6.45) is 3.49. The third-order valence-corrected chi connectivity index (χ3v) is 3.00. The van der Waals surface area contributed by atoms with E-state index in [2.05, 4.69) is 15.7 Å². The molecule has 2 rings (SSSR count). The van der Waals surface area contributed by atoms with Gasteiger partial charge in [-0.05, 0) is 45.0 Å². The van der Waals surface area contributed by atoms with E-state index in [9.17, 15) is 4.79 Å². The van der Waals surface area contributed by atoms with Gasteiger partial charge in [-0.15, -0.1) is 0 Å². The molecule has 0 atom stereocenters. The van der Waals surface area contributed by atoms with Gasteiger partial charge in [0, 0.05) is 23.0 Å². The minimum Gasteiger partial charge on any atom is -0.323 e. The summed E-state index contributed by atoms with van der Waals surface area (Å²) in [4.78, 5) is 12.0. The fraction of sp³-hybridized carbons (Fsp3) is 0.333. The Balaban J connectivity index is 2.16. The average Bonchev–Trinajstić information content (AvgIpc) is 2.89. The molecular formula is C15H19ClN4O. The number of benzene rings is 1. The summed E-state index contributed by atoms with van der Waals surface area (Å²) in [6, 6.07) is 7.12. The summed E-state index contributed by atoms with van der Waals surface area (Å²) in [6.45, 7) is 6.26. The largest absolute Gasteiger partial charge is 0.323 e. The topological polar surface area (TPSA) is 59.0 Å². The van der Waals surface area contributed by atoms with Crippen LogP contribution in [0.4, 0.5) is 5.69 Å². The first-order valence-corrected chi connectivity index (χ1v) is 7.07. The lowest BCUT2D eigenvalue weighted by molar-refractivity contribution is -0.115. The Morgan fingerprint density at radius 3 is 2.76 bits per heavy atom. The molecule has 0 spiro atoms. The highest BCUT2D eigenvalue weighted by Crippen LogP contribution is 2.24. The maximum absolute atomic E-state index is 12.0. The Hall–Kier alpha value is -1.85. The van der Waals surface area contributed by atoms with E-state index in [4.69, 9.17) is 11.6 Å². The molecule has 1 aromatic carbocycles. The van der Waals surface area contributed by atoms with Gasteiger partial charge in [0.15, 0.2) is 0 Å². The number of nitrogens with one attached hydrogen (secondary N) is 2. The number of hydrogen-bond donors (Lipinski definition) is 2. The Kier molecular flexibility index (Phi) is 4.65. The second-order valence-corrected chi connectivity index (χ2v) is 6.20. The van der Waals surface area contributed by atoms with Crippen LogP contribution < -0.4 is 10.6 Å². The van der Waals surface area contributed by atoms with Gasteiger partial charge in [-0.2, -0.15) is 5.10 Å². The molecule has 1 aromatic heterocycles. The smallest absolute Gasteiger partial charge is 0.238 e. The molecule has 112 valence electrons. The predicted octanol–water partition coefficient (Wildman–Crippen LogP) is 2.85. The van der Waals surface area contributed by atoms with Crippen LogP contribution in [0, 0.1) is 0 Å². The lowest BCUT2D eigenvalue weighted by Gasteiger charge is -2.20. The zero-order valence-corrected chi connectivity index (χ0v) is 13.1. The molecule has 1 heterocycles. The van der Waals surface area contributed by atoms with Crippen LogP contribution in [-0.2, 0) is 4.79 Å². The zero-order valence-electron chi connectivity index (χ0n) is 12.4. The van der Waals surface area contributed by atoms with Gasteiger partial charge in [-0.1, -0.05) is 11.6 Å². The van der Waals surface area contributed by atoms with Gasteiger partial charge in [0.25, 0.3) is 0 Å². The Morgan fingerprint density at radius 1 is 1.38 bits per heavy atom. The fourth-order valence-corrected chi connectivity index (χ4v) is 1.93. The number of anilines is 1. The Labute approximate surface area is 129 Å². The highest BCUT2D eigenvalue weighted by molar-refractivity contribution is 6.31. The molecule has 0 fully saturated rings. The predicted molar refractivity (Wildman–Crippen MR) is 85.0 cm³/mol. The van der Waals surface area contributed by atoms with E-state index in [1.165, 1.54) is 0 Å². The van der Waals surface area contributed by atoms with Crippen LogP contribution in [0.3, 0.4) is 0 Å². The van der Waals surface area contributed by atoms with Gasteiger partial charge in [0.1, 0.15) is 0 Å². The van der Waals surface area contributed by atoms with Crippen LogP contribution in [0.1, 0.15) is 20.8 Å². The van der Waals surface area contributed by atoms with Crippen molar-refractivity contribution in [1.82, 2.24) is 15.1 Å². The molecule has 1 amide bonds. The van der Waals surface area contributed by atoms with Gasteiger partial charge >= 0.3 is 0 Å². The van der Waals surface area contributed by atoms with Crippen molar-refractivity contribution >= 4 is 23.2 Å². The second-order valence-electron chi connectivity index (χ2n) is 5.76. The van der Waals surface area contributed by atoms with E-state index in [1.54, 1.807) is 23.0 Å². The molecule has 5 nitrogen and oxygen atoms in total. The van der Waals surface area contributed by atoms with E-state index in [0.717, 1.165) is 5.69 Å². The molecule has 0 aliphatic rings. The van der Waals surface area contributed by atoms with Crippen molar-refractivity contribution in [3.8, 4) is 5.69 Å². The van der Waals surface area contributed by atoms with Gasteiger partial charge in [-0.25, -0.2) is 4.68 Å². The maximum Gasteiger partial charge on any atom is 0.238 e. The van der Waals surface area contributed by atoms with Crippen molar-refractivity contribution in [3.63, 3.8) is 0 Å². The number of aromatic nitrogens is 2. The minimum absolute atomic E-state index is 0.115. The second kappa shape index (κ2) is 6.28. The Bertz CT molecular complexity index is 617.